The van der Waals surface area contributed by atoms with E-state index in [0.717, 1.165) is 25.9 Å². The van der Waals surface area contributed by atoms with Crippen molar-refractivity contribution < 1.29 is 42.6 Å². The molecule has 0 aliphatic heterocycles. The lowest BCUT2D eigenvalue weighted by molar-refractivity contribution is -0.230. The van der Waals surface area contributed by atoms with Crippen LogP contribution >= 0.6 is 7.60 Å². The van der Waals surface area contributed by atoms with Gasteiger partial charge in [0.1, 0.15) is 0 Å². The van der Waals surface area contributed by atoms with E-state index in [0.29, 0.717) is 19.4 Å². The quantitative estimate of drug-likeness (QED) is 0.167. The molecule has 0 aromatic heterocycles. The van der Waals surface area contributed by atoms with Crippen molar-refractivity contribution in [1.29, 1.82) is 0 Å². The molecule has 0 aromatic carbocycles. The normalized spacial score (nSPS) is 12.7. The van der Waals surface area contributed by atoms with Crippen molar-refractivity contribution in [2.24, 2.45) is 0 Å². The first kappa shape index (κ1) is 27.1. The van der Waals surface area contributed by atoms with Crippen LogP contribution in [-0.2, 0) is 28.1 Å². The van der Waals surface area contributed by atoms with Crippen molar-refractivity contribution in [3.63, 3.8) is 0 Å². The maximum absolute atomic E-state index is 11.7. The average molecular weight is 441 g/mol. The minimum absolute atomic E-state index is 0.0399. The lowest BCUT2D eigenvalue weighted by Crippen LogP contribution is -2.34. The summed E-state index contributed by atoms with van der Waals surface area (Å²) in [4.78, 5) is 43.1. The first-order valence-corrected chi connectivity index (χ1v) is 11.3. The van der Waals surface area contributed by atoms with E-state index in [2.05, 4.69) is 16.0 Å². The van der Waals surface area contributed by atoms with Crippen LogP contribution in [0.4, 0.5) is 9.59 Å². The Morgan fingerprint density at radius 1 is 0.931 bits per heavy atom. The fourth-order valence-electron chi connectivity index (χ4n) is 1.93. The monoisotopic (exact) mass is 441 g/mol. The van der Waals surface area contributed by atoms with Crippen LogP contribution in [-0.4, -0.2) is 70.0 Å². The van der Waals surface area contributed by atoms with Gasteiger partial charge in [-0.1, -0.05) is 12.8 Å². The molecule has 0 aromatic rings. The molecule has 13 heteroatoms. The second-order valence-corrected chi connectivity index (χ2v) is 7.84. The van der Waals surface area contributed by atoms with Gasteiger partial charge >= 0.3 is 26.3 Å². The fraction of sp³-hybridized carbons (Fsp3) is 0.812. The number of alkyl carbamates (subject to hydrolysis) is 2. The molecule has 0 aliphatic rings. The van der Waals surface area contributed by atoms with E-state index in [1.807, 2.05) is 0 Å². The van der Waals surface area contributed by atoms with Gasteiger partial charge in [-0.15, -0.1) is 0 Å². The predicted octanol–water partition coefficient (Wildman–Crippen LogP) is 1.29. The van der Waals surface area contributed by atoms with Crippen molar-refractivity contribution >= 4 is 25.7 Å². The van der Waals surface area contributed by atoms with Crippen LogP contribution in [0.5, 0.6) is 0 Å². The minimum Gasteiger partial charge on any atom is -0.384 e. The molecular weight excluding hydrogens is 409 g/mol. The smallest absolute Gasteiger partial charge is 0.384 e. The molecule has 12 nitrogen and oxygen atoms in total. The third-order valence-corrected chi connectivity index (χ3v) is 4.00. The summed E-state index contributed by atoms with van der Waals surface area (Å²) in [6.07, 6.45) is 2.04. The maximum atomic E-state index is 11.7. The standard InChI is InChI=1S/C16H32N3O9P/c1-17-14(21)27-16(28-15(22)18-2)25-11-8-9-13(20)19-10-6-4-5-7-12-26-29(3,23)24/h16H,4-12H2,1-3H3,(H,17,21)(H,18,22)(H,19,20)(H,23,24). The number of hydrogen-bond acceptors (Lipinski definition) is 8. The van der Waals surface area contributed by atoms with Crippen LogP contribution in [0.15, 0.2) is 0 Å². The molecule has 0 bridgehead atoms. The molecule has 3 amide bonds. The Morgan fingerprint density at radius 3 is 2.07 bits per heavy atom. The van der Waals surface area contributed by atoms with Crippen LogP contribution in [0.2, 0.25) is 0 Å². The molecule has 0 saturated carbocycles. The third kappa shape index (κ3) is 17.9. The maximum Gasteiger partial charge on any atom is 0.411 e. The Morgan fingerprint density at radius 2 is 1.52 bits per heavy atom. The lowest BCUT2D eigenvalue weighted by atomic mass is 10.2. The molecule has 0 heterocycles. The second kappa shape index (κ2) is 16.0. The van der Waals surface area contributed by atoms with E-state index in [4.69, 9.17) is 23.6 Å². The van der Waals surface area contributed by atoms with Crippen LogP contribution in [0, 0.1) is 0 Å². The Kier molecular flexibility index (Phi) is 14.9. The topological polar surface area (TPSA) is 162 Å². The van der Waals surface area contributed by atoms with Crippen molar-refractivity contribution in [3.8, 4) is 0 Å². The van der Waals surface area contributed by atoms with E-state index in [1.165, 1.54) is 14.1 Å². The molecular formula is C16H32N3O9P. The van der Waals surface area contributed by atoms with Gasteiger partial charge in [0.05, 0.1) is 13.2 Å². The molecule has 1 unspecified atom stereocenters. The average Bonchev–Trinajstić information content (AvgIpc) is 2.65. The molecule has 4 N–H and O–H groups in total. The molecule has 0 fully saturated rings. The molecule has 170 valence electrons. The number of nitrogens with one attached hydrogen (secondary N) is 3. The van der Waals surface area contributed by atoms with E-state index >= 15 is 0 Å². The van der Waals surface area contributed by atoms with Gasteiger partial charge in [-0.3, -0.25) is 9.36 Å². The summed E-state index contributed by atoms with van der Waals surface area (Å²) in [5.41, 5.74) is 0. The van der Waals surface area contributed by atoms with Gasteiger partial charge in [0.15, 0.2) is 0 Å². The summed E-state index contributed by atoms with van der Waals surface area (Å²) in [6, 6.07) is 0. The van der Waals surface area contributed by atoms with E-state index in [-0.39, 0.29) is 25.5 Å². The highest BCUT2D eigenvalue weighted by atomic mass is 31.2. The van der Waals surface area contributed by atoms with Gasteiger partial charge < -0.3 is 39.6 Å². The summed E-state index contributed by atoms with van der Waals surface area (Å²) < 4.78 is 30.3. The highest BCUT2D eigenvalue weighted by Crippen LogP contribution is 2.36. The zero-order valence-electron chi connectivity index (χ0n) is 17.1. The second-order valence-electron chi connectivity index (χ2n) is 5.97. The van der Waals surface area contributed by atoms with Gasteiger partial charge in [-0.05, 0) is 19.3 Å². The Balaban J connectivity index is 3.78. The highest BCUT2D eigenvalue weighted by Gasteiger charge is 2.18. The summed E-state index contributed by atoms with van der Waals surface area (Å²) in [5.74, 6) is -0.153. The molecule has 0 radical (unpaired) electrons. The number of carbonyl (C=O) groups is 3. The summed E-state index contributed by atoms with van der Waals surface area (Å²) >= 11 is 0. The predicted molar refractivity (Wildman–Crippen MR) is 103 cm³/mol. The Labute approximate surface area is 170 Å². The molecule has 0 aliphatic carbocycles. The fourth-order valence-corrected chi connectivity index (χ4v) is 2.40. The van der Waals surface area contributed by atoms with Crippen LogP contribution in [0.25, 0.3) is 0 Å². The van der Waals surface area contributed by atoms with Gasteiger partial charge in [0.2, 0.25) is 5.91 Å². The number of ether oxygens (including phenoxy) is 3. The number of unbranched alkanes of at least 4 members (excludes halogenated alkanes) is 3. The zero-order valence-corrected chi connectivity index (χ0v) is 18.0. The molecule has 0 rings (SSSR count). The molecule has 0 spiro atoms. The van der Waals surface area contributed by atoms with Gasteiger partial charge in [0.25, 0.3) is 0 Å². The first-order chi connectivity index (χ1) is 13.7. The van der Waals surface area contributed by atoms with Crippen molar-refractivity contribution in [3.05, 3.63) is 0 Å². The lowest BCUT2D eigenvalue weighted by Gasteiger charge is -2.17. The Bertz CT molecular complexity index is 524. The van der Waals surface area contributed by atoms with Crippen LogP contribution in [0.3, 0.4) is 0 Å². The molecule has 29 heavy (non-hydrogen) atoms. The summed E-state index contributed by atoms with van der Waals surface area (Å²) in [5, 5.41) is 7.17. The van der Waals surface area contributed by atoms with Gasteiger partial charge in [-0.25, -0.2) is 9.59 Å². The zero-order chi connectivity index (χ0) is 22.1. The largest absolute Gasteiger partial charge is 0.411 e. The number of amides is 3. The summed E-state index contributed by atoms with van der Waals surface area (Å²) in [7, 11) is -0.714. The van der Waals surface area contributed by atoms with E-state index in [9.17, 15) is 18.9 Å². The van der Waals surface area contributed by atoms with Crippen LogP contribution < -0.4 is 16.0 Å². The molecule has 1 atom stereocenters. The number of carbonyl (C=O) groups excluding carboxylic acids is 3. The van der Waals surface area contributed by atoms with Crippen molar-refractivity contribution in [1.82, 2.24) is 16.0 Å². The SMILES string of the molecule is CNC(=O)OC(OCCCC(=O)NCCCCCCOP(C)(=O)O)OC(=O)NC. The third-order valence-electron chi connectivity index (χ3n) is 3.34. The van der Waals surface area contributed by atoms with Crippen LogP contribution in [0.1, 0.15) is 38.5 Å². The van der Waals surface area contributed by atoms with Gasteiger partial charge in [0, 0.05) is 33.7 Å². The molecule has 0 saturated heterocycles. The Hall–Kier alpha value is -1.88. The van der Waals surface area contributed by atoms with E-state index in [1.54, 1.807) is 0 Å². The number of hydrogen-bond donors (Lipinski definition) is 4. The minimum atomic E-state index is -3.40. The highest BCUT2D eigenvalue weighted by molar-refractivity contribution is 7.51. The van der Waals surface area contributed by atoms with E-state index < -0.39 is 26.3 Å². The number of rotatable bonds is 15. The summed E-state index contributed by atoms with van der Waals surface area (Å²) in [6.45, 7) is 0.435. The van der Waals surface area contributed by atoms with Crippen molar-refractivity contribution in [2.75, 3.05) is 40.5 Å². The van der Waals surface area contributed by atoms with Gasteiger partial charge in [-0.2, -0.15) is 0 Å². The van der Waals surface area contributed by atoms with Crippen molar-refractivity contribution in [2.45, 2.75) is 45.0 Å². The first-order valence-electron chi connectivity index (χ1n) is 9.27.